The van der Waals surface area contributed by atoms with E-state index in [9.17, 15) is 13.2 Å². The zero-order valence-corrected chi connectivity index (χ0v) is 17.0. The maximum atomic E-state index is 12.4. The van der Waals surface area contributed by atoms with Crippen molar-refractivity contribution in [3.8, 4) is 0 Å². The van der Waals surface area contributed by atoms with Crippen LogP contribution in [0.15, 0.2) is 23.1 Å². The van der Waals surface area contributed by atoms with Gasteiger partial charge in [0.2, 0.25) is 10.0 Å². The normalized spacial score (nSPS) is 15.3. The summed E-state index contributed by atoms with van der Waals surface area (Å²) in [6.07, 6.45) is 0.875. The van der Waals surface area contributed by atoms with E-state index in [-0.39, 0.29) is 23.2 Å². The van der Waals surface area contributed by atoms with Crippen molar-refractivity contribution in [1.29, 1.82) is 0 Å². The molecule has 3 N–H and O–H groups in total. The molecule has 1 heterocycles. The molecular formula is C17H29ClN4O3S. The summed E-state index contributed by atoms with van der Waals surface area (Å²) in [7, 11) is -3.57. The van der Waals surface area contributed by atoms with Gasteiger partial charge in [-0.15, -0.1) is 12.4 Å². The van der Waals surface area contributed by atoms with Crippen LogP contribution >= 0.6 is 12.4 Å². The summed E-state index contributed by atoms with van der Waals surface area (Å²) in [5.41, 5.74) is 1.16. The number of carbonyl (C=O) groups is 1. The van der Waals surface area contributed by atoms with Crippen LogP contribution < -0.4 is 15.4 Å². The van der Waals surface area contributed by atoms with Crippen LogP contribution in [0.4, 0.5) is 0 Å². The van der Waals surface area contributed by atoms with Gasteiger partial charge >= 0.3 is 0 Å². The van der Waals surface area contributed by atoms with Crippen molar-refractivity contribution in [2.24, 2.45) is 0 Å². The summed E-state index contributed by atoms with van der Waals surface area (Å²) in [6, 6.07) is 4.63. The Hall–Kier alpha value is -1.19. The van der Waals surface area contributed by atoms with E-state index in [1.165, 1.54) is 12.1 Å². The molecule has 148 valence electrons. The Labute approximate surface area is 162 Å². The number of nitrogens with zero attached hydrogens (tertiary/aromatic N) is 1. The highest BCUT2D eigenvalue weighted by Gasteiger charge is 2.17. The minimum Gasteiger partial charge on any atom is -0.352 e. The fraction of sp³-hybridized carbons (Fsp3) is 0.588. The highest BCUT2D eigenvalue weighted by atomic mass is 35.5. The molecule has 0 aromatic heterocycles. The molecule has 2 rings (SSSR count). The van der Waals surface area contributed by atoms with Gasteiger partial charge in [-0.2, -0.15) is 0 Å². The Morgan fingerprint density at radius 2 is 1.96 bits per heavy atom. The highest BCUT2D eigenvalue weighted by Crippen LogP contribution is 2.15. The first-order chi connectivity index (χ1) is 11.9. The third-order valence-corrected chi connectivity index (χ3v) is 5.79. The summed E-state index contributed by atoms with van der Waals surface area (Å²) in [4.78, 5) is 14.9. The average molecular weight is 405 g/mol. The number of nitrogens with one attached hydrogen (secondary N) is 3. The van der Waals surface area contributed by atoms with Gasteiger partial charge in [-0.25, -0.2) is 13.1 Å². The molecule has 0 unspecified atom stereocenters. The second-order valence-corrected chi connectivity index (χ2v) is 7.95. The van der Waals surface area contributed by atoms with E-state index >= 15 is 0 Å². The van der Waals surface area contributed by atoms with Crippen LogP contribution in [0.25, 0.3) is 0 Å². The molecule has 1 aliphatic rings. The molecule has 26 heavy (non-hydrogen) atoms. The van der Waals surface area contributed by atoms with Crippen LogP contribution in [0.5, 0.6) is 0 Å². The summed E-state index contributed by atoms with van der Waals surface area (Å²) >= 11 is 0. The number of benzene rings is 1. The lowest BCUT2D eigenvalue weighted by atomic mass is 10.1. The molecule has 1 aromatic rings. The standard InChI is InChI=1S/C17H28N4O3S.ClH/c1-3-20-25(23,24)15-6-5-14(2)16(13-15)17(22)19-7-4-10-21-11-8-18-9-12-21;/h5-6,13,18,20H,3-4,7-12H2,1-2H3,(H,19,22);1H. The van der Waals surface area contributed by atoms with Crippen LogP contribution in [0, 0.1) is 6.92 Å². The molecule has 0 spiro atoms. The number of carbonyl (C=O) groups excluding carboxylic acids is 1. The second-order valence-electron chi connectivity index (χ2n) is 6.18. The van der Waals surface area contributed by atoms with Crippen molar-refractivity contribution in [1.82, 2.24) is 20.3 Å². The summed E-state index contributed by atoms with van der Waals surface area (Å²) in [6.45, 7) is 9.47. The average Bonchev–Trinajstić information content (AvgIpc) is 2.59. The van der Waals surface area contributed by atoms with Gasteiger partial charge in [0.1, 0.15) is 0 Å². The maximum absolute atomic E-state index is 12.4. The molecule has 0 atom stereocenters. The fourth-order valence-electron chi connectivity index (χ4n) is 2.82. The van der Waals surface area contributed by atoms with Gasteiger partial charge in [0.15, 0.2) is 0 Å². The number of halogens is 1. The third kappa shape index (κ3) is 6.51. The van der Waals surface area contributed by atoms with Gasteiger partial charge in [0.05, 0.1) is 4.90 Å². The minimum atomic E-state index is -3.57. The van der Waals surface area contributed by atoms with Gasteiger partial charge in [-0.3, -0.25) is 4.79 Å². The molecule has 0 saturated carbocycles. The molecule has 1 aliphatic heterocycles. The SMILES string of the molecule is CCNS(=O)(=O)c1ccc(C)c(C(=O)NCCCN2CCNCC2)c1.Cl. The number of rotatable bonds is 8. The van der Waals surface area contributed by atoms with Gasteiger partial charge in [0.25, 0.3) is 5.91 Å². The Morgan fingerprint density at radius 1 is 1.27 bits per heavy atom. The van der Waals surface area contributed by atoms with Crippen LogP contribution in [0.3, 0.4) is 0 Å². The molecule has 1 amide bonds. The van der Waals surface area contributed by atoms with Crippen molar-refractivity contribution >= 4 is 28.3 Å². The molecule has 1 fully saturated rings. The third-order valence-electron chi connectivity index (χ3n) is 4.24. The van der Waals surface area contributed by atoms with E-state index in [2.05, 4.69) is 20.3 Å². The van der Waals surface area contributed by atoms with Gasteiger partial charge in [-0.1, -0.05) is 13.0 Å². The first-order valence-electron chi connectivity index (χ1n) is 8.75. The van der Waals surface area contributed by atoms with E-state index in [0.29, 0.717) is 18.7 Å². The van der Waals surface area contributed by atoms with Crippen LogP contribution in [-0.4, -0.2) is 65.0 Å². The number of hydrogen-bond acceptors (Lipinski definition) is 5. The molecule has 0 bridgehead atoms. The van der Waals surface area contributed by atoms with Crippen molar-refractivity contribution in [3.05, 3.63) is 29.3 Å². The summed E-state index contributed by atoms with van der Waals surface area (Å²) < 4.78 is 26.6. The van der Waals surface area contributed by atoms with Crippen LogP contribution in [0.1, 0.15) is 29.3 Å². The lowest BCUT2D eigenvalue weighted by Gasteiger charge is -2.27. The van der Waals surface area contributed by atoms with E-state index in [4.69, 9.17) is 0 Å². The van der Waals surface area contributed by atoms with Gasteiger partial charge in [-0.05, 0) is 37.6 Å². The molecule has 7 nitrogen and oxygen atoms in total. The number of amides is 1. The predicted octanol–water partition coefficient (Wildman–Crippen LogP) is 0.740. The Morgan fingerprint density at radius 3 is 2.62 bits per heavy atom. The van der Waals surface area contributed by atoms with Crippen LogP contribution in [0.2, 0.25) is 0 Å². The predicted molar refractivity (Wildman–Crippen MR) is 106 cm³/mol. The zero-order valence-electron chi connectivity index (χ0n) is 15.4. The number of piperazine rings is 1. The first kappa shape index (κ1) is 22.9. The quantitative estimate of drug-likeness (QED) is 0.556. The smallest absolute Gasteiger partial charge is 0.251 e. The maximum Gasteiger partial charge on any atom is 0.251 e. The van der Waals surface area contributed by atoms with Crippen molar-refractivity contribution in [2.75, 3.05) is 45.8 Å². The molecule has 9 heteroatoms. The molecule has 1 saturated heterocycles. The molecular weight excluding hydrogens is 376 g/mol. The lowest BCUT2D eigenvalue weighted by Crippen LogP contribution is -2.44. The van der Waals surface area contributed by atoms with E-state index < -0.39 is 10.0 Å². The van der Waals surface area contributed by atoms with Crippen molar-refractivity contribution < 1.29 is 13.2 Å². The van der Waals surface area contributed by atoms with Crippen molar-refractivity contribution in [2.45, 2.75) is 25.2 Å². The van der Waals surface area contributed by atoms with Gasteiger partial charge < -0.3 is 15.5 Å². The van der Waals surface area contributed by atoms with Gasteiger partial charge in [0, 0.05) is 44.8 Å². The second kappa shape index (κ2) is 10.8. The van der Waals surface area contributed by atoms with Crippen LogP contribution in [-0.2, 0) is 10.0 Å². The number of hydrogen-bond donors (Lipinski definition) is 3. The van der Waals surface area contributed by atoms with E-state index in [1.807, 2.05) is 0 Å². The largest absolute Gasteiger partial charge is 0.352 e. The Kier molecular flexibility index (Phi) is 9.52. The monoisotopic (exact) mass is 404 g/mol. The summed E-state index contributed by atoms with van der Waals surface area (Å²) in [5, 5.41) is 6.21. The number of aryl methyl sites for hydroxylation is 1. The van der Waals surface area contributed by atoms with E-state index in [1.54, 1.807) is 19.9 Å². The Bertz CT molecular complexity index is 691. The zero-order chi connectivity index (χ0) is 18.3. The minimum absolute atomic E-state index is 0. The fourth-order valence-corrected chi connectivity index (χ4v) is 3.89. The molecule has 1 aromatic carbocycles. The number of sulfonamides is 1. The lowest BCUT2D eigenvalue weighted by molar-refractivity contribution is 0.0950. The molecule has 0 aliphatic carbocycles. The van der Waals surface area contributed by atoms with E-state index in [0.717, 1.165) is 44.7 Å². The first-order valence-corrected chi connectivity index (χ1v) is 10.2. The highest BCUT2D eigenvalue weighted by molar-refractivity contribution is 7.89. The summed E-state index contributed by atoms with van der Waals surface area (Å²) in [5.74, 6) is -0.230. The Balaban J connectivity index is 0.00000338. The topological polar surface area (TPSA) is 90.5 Å². The van der Waals surface area contributed by atoms with Crippen molar-refractivity contribution in [3.63, 3.8) is 0 Å². The molecule has 0 radical (unpaired) electrons.